The number of hydrogen-bond acceptors (Lipinski definition) is 4. The Labute approximate surface area is 163 Å². The molecule has 0 fully saturated rings. The van der Waals surface area contributed by atoms with Crippen LogP contribution in [0.1, 0.15) is 30.6 Å². The van der Waals surface area contributed by atoms with Gasteiger partial charge >= 0.3 is 11.2 Å². The molecule has 0 amide bonds. The maximum absolute atomic E-state index is 13.1. The third kappa shape index (κ3) is 3.94. The molecule has 9 heteroatoms. The fourth-order valence-corrected chi connectivity index (χ4v) is 3.70. The first-order valence-corrected chi connectivity index (χ1v) is 9.33. The molecule has 28 heavy (non-hydrogen) atoms. The SMILES string of the molecule is CCC(c1ccncc1)n1c(C)c(O)n(-c2ccc(SC(F)(F)F)cc2)c1=O. The Morgan fingerprint density at radius 2 is 1.75 bits per heavy atom. The van der Waals surface area contributed by atoms with Gasteiger partial charge in [-0.15, -0.1) is 0 Å². The topological polar surface area (TPSA) is 60.0 Å². The number of aromatic nitrogens is 3. The fourth-order valence-electron chi connectivity index (χ4n) is 3.16. The van der Waals surface area contributed by atoms with Crippen LogP contribution >= 0.6 is 11.8 Å². The average Bonchev–Trinajstić information content (AvgIpc) is 2.87. The van der Waals surface area contributed by atoms with Crippen molar-refractivity contribution in [2.45, 2.75) is 36.7 Å². The molecule has 3 aromatic rings. The van der Waals surface area contributed by atoms with Gasteiger partial charge in [0.25, 0.3) is 0 Å². The summed E-state index contributed by atoms with van der Waals surface area (Å²) in [5, 5.41) is 10.5. The van der Waals surface area contributed by atoms with Crippen LogP contribution < -0.4 is 5.69 Å². The van der Waals surface area contributed by atoms with E-state index in [0.717, 1.165) is 10.1 Å². The van der Waals surface area contributed by atoms with Crippen molar-refractivity contribution in [3.63, 3.8) is 0 Å². The molecule has 0 aliphatic rings. The highest BCUT2D eigenvalue weighted by Crippen LogP contribution is 2.37. The highest BCUT2D eigenvalue weighted by Gasteiger charge is 2.29. The van der Waals surface area contributed by atoms with Gasteiger partial charge in [-0.2, -0.15) is 13.2 Å². The van der Waals surface area contributed by atoms with Crippen molar-refractivity contribution in [3.05, 3.63) is 70.5 Å². The maximum atomic E-state index is 13.1. The molecule has 0 aliphatic carbocycles. The lowest BCUT2D eigenvalue weighted by Crippen LogP contribution is -2.28. The Kier molecular flexibility index (Phi) is 5.55. The zero-order valence-corrected chi connectivity index (χ0v) is 16.0. The van der Waals surface area contributed by atoms with E-state index in [4.69, 9.17) is 0 Å². The van der Waals surface area contributed by atoms with E-state index in [0.29, 0.717) is 17.8 Å². The number of halogens is 3. The monoisotopic (exact) mass is 409 g/mol. The summed E-state index contributed by atoms with van der Waals surface area (Å²) in [6, 6.07) is 8.61. The predicted octanol–water partition coefficient (Wildman–Crippen LogP) is 4.66. The summed E-state index contributed by atoms with van der Waals surface area (Å²) in [5.41, 5.74) is -3.31. The summed E-state index contributed by atoms with van der Waals surface area (Å²) < 4.78 is 40.1. The van der Waals surface area contributed by atoms with Gasteiger partial charge in [0.05, 0.1) is 17.4 Å². The maximum Gasteiger partial charge on any atom is 0.446 e. The van der Waals surface area contributed by atoms with E-state index in [1.54, 1.807) is 31.5 Å². The Bertz CT molecular complexity index is 1010. The summed E-state index contributed by atoms with van der Waals surface area (Å²) in [4.78, 5) is 17.0. The van der Waals surface area contributed by atoms with Crippen LogP contribution in [0.25, 0.3) is 5.69 Å². The van der Waals surface area contributed by atoms with E-state index in [1.807, 2.05) is 6.92 Å². The Morgan fingerprint density at radius 1 is 1.14 bits per heavy atom. The third-order valence-electron chi connectivity index (χ3n) is 4.41. The van der Waals surface area contributed by atoms with Crippen LogP contribution in [0, 0.1) is 6.92 Å². The fraction of sp³-hybridized carbons (Fsp3) is 0.263. The minimum Gasteiger partial charge on any atom is -0.493 e. The van der Waals surface area contributed by atoms with Crippen LogP contribution in [0.4, 0.5) is 13.2 Å². The molecule has 2 aromatic heterocycles. The van der Waals surface area contributed by atoms with Gasteiger partial charge in [0, 0.05) is 17.3 Å². The minimum absolute atomic E-state index is 0.00293. The Balaban J connectivity index is 2.05. The van der Waals surface area contributed by atoms with Crippen LogP contribution in [0.5, 0.6) is 5.88 Å². The minimum atomic E-state index is -4.39. The summed E-state index contributed by atoms with van der Waals surface area (Å²) in [7, 11) is 0. The quantitative estimate of drug-likeness (QED) is 0.623. The van der Waals surface area contributed by atoms with Crippen molar-refractivity contribution >= 4 is 11.8 Å². The second-order valence-electron chi connectivity index (χ2n) is 6.14. The van der Waals surface area contributed by atoms with Crippen LogP contribution in [-0.2, 0) is 0 Å². The lowest BCUT2D eigenvalue weighted by atomic mass is 10.1. The van der Waals surface area contributed by atoms with Gasteiger partial charge in [0.1, 0.15) is 0 Å². The van der Waals surface area contributed by atoms with Gasteiger partial charge in [0.15, 0.2) is 0 Å². The van der Waals surface area contributed by atoms with E-state index >= 15 is 0 Å². The molecule has 0 aliphatic heterocycles. The molecule has 5 nitrogen and oxygen atoms in total. The lowest BCUT2D eigenvalue weighted by Gasteiger charge is -2.17. The average molecular weight is 409 g/mol. The summed E-state index contributed by atoms with van der Waals surface area (Å²) in [5.74, 6) is -0.242. The molecule has 1 N–H and O–H groups in total. The Hall–Kier alpha value is -2.68. The molecular formula is C19H18F3N3O2S. The molecule has 3 rings (SSSR count). The second kappa shape index (κ2) is 7.75. The molecule has 148 valence electrons. The standard InChI is InChI=1S/C19H18F3N3O2S/c1-3-16(13-8-10-23-11-9-13)24-12(2)17(26)25(18(24)27)14-4-6-15(7-5-14)28-19(20,21)22/h4-11,16,26H,3H2,1-2H3. The van der Waals surface area contributed by atoms with Gasteiger partial charge < -0.3 is 5.11 Å². The van der Waals surface area contributed by atoms with Crippen molar-refractivity contribution in [2.75, 3.05) is 0 Å². The zero-order chi connectivity index (χ0) is 20.5. The summed E-state index contributed by atoms with van der Waals surface area (Å²) in [6.07, 6.45) is 3.87. The highest BCUT2D eigenvalue weighted by molar-refractivity contribution is 8.00. The molecule has 1 atom stereocenters. The molecule has 0 spiro atoms. The van der Waals surface area contributed by atoms with E-state index in [-0.39, 0.29) is 28.6 Å². The molecule has 0 saturated heterocycles. The molecular weight excluding hydrogens is 391 g/mol. The number of alkyl halides is 3. The largest absolute Gasteiger partial charge is 0.493 e. The molecule has 0 saturated carbocycles. The highest BCUT2D eigenvalue weighted by atomic mass is 32.2. The number of nitrogens with zero attached hydrogens (tertiary/aromatic N) is 3. The van der Waals surface area contributed by atoms with Crippen molar-refractivity contribution < 1.29 is 18.3 Å². The van der Waals surface area contributed by atoms with E-state index < -0.39 is 11.2 Å². The first kappa shape index (κ1) is 20.1. The molecule has 1 aromatic carbocycles. The summed E-state index contributed by atoms with van der Waals surface area (Å²) >= 11 is -0.234. The van der Waals surface area contributed by atoms with Crippen LogP contribution in [0.15, 0.2) is 58.5 Å². The third-order valence-corrected chi connectivity index (χ3v) is 5.15. The van der Waals surface area contributed by atoms with Gasteiger partial charge in [0.2, 0.25) is 5.88 Å². The number of hydrogen-bond donors (Lipinski definition) is 1. The van der Waals surface area contributed by atoms with Crippen LogP contribution in [0.3, 0.4) is 0 Å². The number of imidazole rings is 1. The van der Waals surface area contributed by atoms with E-state index in [2.05, 4.69) is 4.98 Å². The number of thioether (sulfide) groups is 1. The van der Waals surface area contributed by atoms with Crippen molar-refractivity contribution in [1.82, 2.24) is 14.1 Å². The normalized spacial score (nSPS) is 12.9. The van der Waals surface area contributed by atoms with Crippen LogP contribution in [-0.4, -0.2) is 24.7 Å². The first-order valence-electron chi connectivity index (χ1n) is 8.51. The smallest absolute Gasteiger partial charge is 0.446 e. The van der Waals surface area contributed by atoms with E-state index in [9.17, 15) is 23.1 Å². The number of pyridine rings is 1. The summed E-state index contributed by atoms with van der Waals surface area (Å²) in [6.45, 7) is 3.56. The molecule has 1 unspecified atom stereocenters. The molecule has 2 heterocycles. The van der Waals surface area contributed by atoms with Crippen molar-refractivity contribution in [2.24, 2.45) is 0 Å². The lowest BCUT2D eigenvalue weighted by molar-refractivity contribution is -0.0328. The van der Waals surface area contributed by atoms with Crippen molar-refractivity contribution in [1.29, 1.82) is 0 Å². The van der Waals surface area contributed by atoms with E-state index in [1.165, 1.54) is 28.8 Å². The van der Waals surface area contributed by atoms with Gasteiger partial charge in [-0.1, -0.05) is 6.92 Å². The van der Waals surface area contributed by atoms with Crippen molar-refractivity contribution in [3.8, 4) is 11.6 Å². The first-order chi connectivity index (χ1) is 13.2. The second-order valence-corrected chi connectivity index (χ2v) is 7.28. The Morgan fingerprint density at radius 3 is 2.29 bits per heavy atom. The number of aromatic hydroxyl groups is 1. The van der Waals surface area contributed by atoms with Gasteiger partial charge in [-0.25, -0.2) is 9.36 Å². The molecule has 0 radical (unpaired) electrons. The number of benzene rings is 1. The van der Waals surface area contributed by atoms with Gasteiger partial charge in [-0.05, 0) is 67.1 Å². The predicted molar refractivity (Wildman–Crippen MR) is 101 cm³/mol. The molecule has 0 bridgehead atoms. The number of rotatable bonds is 5. The zero-order valence-electron chi connectivity index (χ0n) is 15.1. The van der Waals surface area contributed by atoms with Crippen LogP contribution in [0.2, 0.25) is 0 Å². The van der Waals surface area contributed by atoms with Gasteiger partial charge in [-0.3, -0.25) is 9.55 Å².